The van der Waals surface area contributed by atoms with Gasteiger partial charge in [0.05, 0.1) is 0 Å². The Labute approximate surface area is 150 Å². The monoisotopic (exact) mass is 350 g/mol. The van der Waals surface area contributed by atoms with Crippen LogP contribution in [0.2, 0.25) is 0 Å². The van der Waals surface area contributed by atoms with Gasteiger partial charge in [0.1, 0.15) is 11.5 Å². The van der Waals surface area contributed by atoms with Crippen LogP contribution in [0.25, 0.3) is 0 Å². The highest BCUT2D eigenvalue weighted by atomic mass is 35.5. The summed E-state index contributed by atoms with van der Waals surface area (Å²) < 4.78 is 5.71. The molecule has 3 aromatic carbocycles. The number of aryl methyl sites for hydroxylation is 1. The normalized spacial score (nSPS) is 10.3. The van der Waals surface area contributed by atoms with Crippen molar-refractivity contribution in [2.75, 3.05) is 0 Å². The Bertz CT molecular complexity index is 916. The fraction of sp³-hybridized carbons (Fsp3) is 0.0476. The molecule has 0 saturated heterocycles. The first-order valence-corrected chi connectivity index (χ1v) is 8.10. The van der Waals surface area contributed by atoms with E-state index < -0.39 is 5.24 Å². The van der Waals surface area contributed by atoms with Crippen molar-refractivity contribution in [2.45, 2.75) is 6.92 Å². The molecule has 0 unspecified atom stereocenters. The molecule has 0 bridgehead atoms. The van der Waals surface area contributed by atoms with Gasteiger partial charge in [-0.3, -0.25) is 9.59 Å². The summed E-state index contributed by atoms with van der Waals surface area (Å²) in [4.78, 5) is 24.3. The Morgan fingerprint density at radius 3 is 2.08 bits per heavy atom. The number of carbonyl (C=O) groups excluding carboxylic acids is 2. The molecule has 0 atom stereocenters. The standard InChI is InChI=1S/C21H15ClO3/c1-14-7-12-18(21(22)24)19(13-14)20(23)15-8-10-17(11-9-15)25-16-5-3-2-4-6-16/h2-13H,1H3. The molecule has 0 N–H and O–H groups in total. The molecule has 0 aliphatic heterocycles. The molecule has 0 fully saturated rings. The summed E-state index contributed by atoms with van der Waals surface area (Å²) in [7, 11) is 0. The number of ketones is 1. The van der Waals surface area contributed by atoms with Crippen LogP contribution in [0.15, 0.2) is 72.8 Å². The lowest BCUT2D eigenvalue weighted by Crippen LogP contribution is -2.07. The molecule has 3 rings (SSSR count). The molecule has 3 nitrogen and oxygen atoms in total. The number of ether oxygens (including phenoxy) is 1. The average molecular weight is 351 g/mol. The minimum atomic E-state index is -0.646. The maximum atomic E-state index is 12.7. The molecular weight excluding hydrogens is 336 g/mol. The van der Waals surface area contributed by atoms with Crippen LogP contribution in [-0.4, -0.2) is 11.0 Å². The number of carbonyl (C=O) groups is 2. The van der Waals surface area contributed by atoms with Crippen LogP contribution in [0.3, 0.4) is 0 Å². The second-order valence-corrected chi connectivity index (χ2v) is 5.93. The number of hydrogen-bond acceptors (Lipinski definition) is 3. The summed E-state index contributed by atoms with van der Waals surface area (Å²) in [6.45, 7) is 1.86. The van der Waals surface area contributed by atoms with E-state index in [1.807, 2.05) is 37.3 Å². The van der Waals surface area contributed by atoms with Crippen molar-refractivity contribution in [3.8, 4) is 11.5 Å². The van der Waals surface area contributed by atoms with Gasteiger partial charge in [0.25, 0.3) is 5.24 Å². The molecule has 0 aromatic heterocycles. The van der Waals surface area contributed by atoms with Crippen molar-refractivity contribution in [1.82, 2.24) is 0 Å². The first-order valence-electron chi connectivity index (χ1n) is 7.73. The molecule has 0 heterocycles. The minimum absolute atomic E-state index is 0.210. The van der Waals surface area contributed by atoms with Gasteiger partial charge in [0.2, 0.25) is 0 Å². The molecule has 0 aliphatic carbocycles. The van der Waals surface area contributed by atoms with Crippen molar-refractivity contribution in [3.05, 3.63) is 95.1 Å². The van der Waals surface area contributed by atoms with E-state index in [4.69, 9.17) is 16.3 Å². The summed E-state index contributed by atoms with van der Waals surface area (Å²) >= 11 is 5.60. The first-order chi connectivity index (χ1) is 12.0. The van der Waals surface area contributed by atoms with E-state index in [0.29, 0.717) is 16.9 Å². The maximum absolute atomic E-state index is 12.7. The zero-order chi connectivity index (χ0) is 17.8. The van der Waals surface area contributed by atoms with Gasteiger partial charge in [-0.25, -0.2) is 0 Å². The Balaban J connectivity index is 1.86. The van der Waals surface area contributed by atoms with Crippen LogP contribution in [0.5, 0.6) is 11.5 Å². The second-order valence-electron chi connectivity index (χ2n) is 5.59. The number of hydrogen-bond donors (Lipinski definition) is 0. The lowest BCUT2D eigenvalue weighted by Gasteiger charge is -2.09. The van der Waals surface area contributed by atoms with E-state index >= 15 is 0 Å². The van der Waals surface area contributed by atoms with Crippen LogP contribution in [-0.2, 0) is 0 Å². The zero-order valence-electron chi connectivity index (χ0n) is 13.5. The second kappa shape index (κ2) is 7.32. The van der Waals surface area contributed by atoms with E-state index in [1.165, 1.54) is 0 Å². The third-order valence-electron chi connectivity index (χ3n) is 3.73. The summed E-state index contributed by atoms with van der Waals surface area (Å²) in [6, 6.07) is 21.2. The van der Waals surface area contributed by atoms with E-state index in [0.717, 1.165) is 11.3 Å². The van der Waals surface area contributed by atoms with Crippen LogP contribution in [0, 0.1) is 6.92 Å². The molecule has 4 heteroatoms. The number of para-hydroxylation sites is 1. The van der Waals surface area contributed by atoms with Gasteiger partial charge in [0, 0.05) is 16.7 Å². The van der Waals surface area contributed by atoms with Gasteiger partial charge in [-0.1, -0.05) is 29.8 Å². The minimum Gasteiger partial charge on any atom is -0.457 e. The topological polar surface area (TPSA) is 43.4 Å². The number of halogens is 1. The molecule has 3 aromatic rings. The fourth-order valence-corrected chi connectivity index (χ4v) is 2.64. The van der Waals surface area contributed by atoms with Gasteiger partial charge >= 0.3 is 0 Å². The Morgan fingerprint density at radius 2 is 1.44 bits per heavy atom. The lowest BCUT2D eigenvalue weighted by molar-refractivity contribution is 0.102. The highest BCUT2D eigenvalue weighted by Gasteiger charge is 2.17. The van der Waals surface area contributed by atoms with Crippen molar-refractivity contribution in [1.29, 1.82) is 0 Å². The molecule has 0 amide bonds. The van der Waals surface area contributed by atoms with Crippen LogP contribution in [0.1, 0.15) is 31.8 Å². The predicted octanol–water partition coefficient (Wildman–Crippen LogP) is 5.40. The van der Waals surface area contributed by atoms with Crippen molar-refractivity contribution >= 4 is 22.6 Å². The zero-order valence-corrected chi connectivity index (χ0v) is 14.3. The van der Waals surface area contributed by atoms with Crippen molar-refractivity contribution < 1.29 is 14.3 Å². The van der Waals surface area contributed by atoms with E-state index in [9.17, 15) is 9.59 Å². The highest BCUT2D eigenvalue weighted by Crippen LogP contribution is 2.23. The van der Waals surface area contributed by atoms with E-state index in [2.05, 4.69) is 0 Å². The fourth-order valence-electron chi connectivity index (χ4n) is 2.47. The third kappa shape index (κ3) is 3.95. The molecule has 0 radical (unpaired) electrons. The van der Waals surface area contributed by atoms with Gasteiger partial charge < -0.3 is 4.74 Å². The Kier molecular flexibility index (Phi) is 4.96. The van der Waals surface area contributed by atoms with E-state index in [-0.39, 0.29) is 11.3 Å². The van der Waals surface area contributed by atoms with E-state index in [1.54, 1.807) is 42.5 Å². The number of benzene rings is 3. The molecule has 0 spiro atoms. The van der Waals surface area contributed by atoms with Crippen LogP contribution in [0.4, 0.5) is 0 Å². The van der Waals surface area contributed by atoms with Crippen LogP contribution < -0.4 is 4.74 Å². The third-order valence-corrected chi connectivity index (χ3v) is 3.93. The van der Waals surface area contributed by atoms with Crippen molar-refractivity contribution in [3.63, 3.8) is 0 Å². The van der Waals surface area contributed by atoms with Gasteiger partial charge in [-0.15, -0.1) is 0 Å². The van der Waals surface area contributed by atoms with Gasteiger partial charge in [-0.05, 0) is 67.1 Å². The van der Waals surface area contributed by atoms with Crippen LogP contribution >= 0.6 is 11.6 Å². The lowest BCUT2D eigenvalue weighted by atomic mass is 9.97. The molecular formula is C21H15ClO3. The van der Waals surface area contributed by atoms with Gasteiger partial charge in [0.15, 0.2) is 5.78 Å². The van der Waals surface area contributed by atoms with Gasteiger partial charge in [-0.2, -0.15) is 0 Å². The predicted molar refractivity (Wildman–Crippen MR) is 97.8 cm³/mol. The first kappa shape index (κ1) is 16.9. The smallest absolute Gasteiger partial charge is 0.253 e. The molecule has 124 valence electrons. The molecule has 25 heavy (non-hydrogen) atoms. The molecule has 0 aliphatic rings. The summed E-state index contributed by atoms with van der Waals surface area (Å²) in [6.07, 6.45) is 0. The highest BCUT2D eigenvalue weighted by molar-refractivity contribution is 6.68. The summed E-state index contributed by atoms with van der Waals surface area (Å²) in [5, 5.41) is -0.646. The summed E-state index contributed by atoms with van der Waals surface area (Å²) in [5.74, 6) is 1.09. The van der Waals surface area contributed by atoms with Crippen molar-refractivity contribution in [2.24, 2.45) is 0 Å². The average Bonchev–Trinajstić information content (AvgIpc) is 2.62. The number of rotatable bonds is 5. The SMILES string of the molecule is Cc1ccc(C(=O)Cl)c(C(=O)c2ccc(Oc3ccccc3)cc2)c1. The molecule has 0 saturated carbocycles. The largest absolute Gasteiger partial charge is 0.457 e. The summed E-state index contributed by atoms with van der Waals surface area (Å²) in [5.41, 5.74) is 1.86. The Hall–Kier alpha value is -2.91. The maximum Gasteiger partial charge on any atom is 0.253 e. The Morgan fingerprint density at radius 1 is 0.800 bits per heavy atom. The quantitative estimate of drug-likeness (QED) is 0.457.